The largest absolute Gasteiger partial charge is 0.356 e. The molecule has 0 spiro atoms. The van der Waals surface area contributed by atoms with Crippen molar-refractivity contribution in [3.8, 4) is 0 Å². The zero-order chi connectivity index (χ0) is 12.4. The topological polar surface area (TPSA) is 12.5 Å². The van der Waals surface area contributed by atoms with Crippen molar-refractivity contribution < 1.29 is 4.74 Å². The Balaban J connectivity index is 2.41. The Hall–Kier alpha value is -0.560. The molecule has 1 aliphatic carbocycles. The van der Waals surface area contributed by atoms with Gasteiger partial charge in [-0.15, -0.1) is 0 Å². The van der Waals surface area contributed by atoms with Crippen LogP contribution in [0.15, 0.2) is 23.3 Å². The van der Waals surface area contributed by atoms with E-state index in [9.17, 15) is 0 Å². The first kappa shape index (κ1) is 11.9. The van der Waals surface area contributed by atoms with Gasteiger partial charge in [-0.05, 0) is 29.4 Å². The van der Waals surface area contributed by atoms with E-state index in [1.165, 1.54) is 11.1 Å². The zero-order valence-electron chi connectivity index (χ0n) is 11.6. The summed E-state index contributed by atoms with van der Waals surface area (Å²) < 4.78 is 6.09. The van der Waals surface area contributed by atoms with Crippen LogP contribution in [0.1, 0.15) is 48.5 Å². The van der Waals surface area contributed by atoms with E-state index >= 15 is 0 Å². The average molecular weight is 220 g/mol. The number of allylic oxidation sites excluding steroid dienone is 2. The molecule has 0 bridgehead atoms. The third kappa shape index (κ3) is 1.57. The molecular formula is C15H24O. The molecule has 2 rings (SSSR count). The Morgan fingerprint density at radius 1 is 1.12 bits per heavy atom. The summed E-state index contributed by atoms with van der Waals surface area (Å²) in [6.45, 7) is 15.8. The van der Waals surface area contributed by atoms with Crippen LogP contribution in [0.3, 0.4) is 0 Å². The zero-order valence-corrected chi connectivity index (χ0v) is 11.6. The second kappa shape index (κ2) is 3.01. The highest BCUT2D eigenvalue weighted by Gasteiger charge is 2.65. The van der Waals surface area contributed by atoms with E-state index in [0.717, 1.165) is 0 Å². The molecule has 0 aromatic heterocycles. The molecular weight excluding hydrogens is 196 g/mol. The number of ether oxygens (including phenoxy) is 1. The Kier molecular flexibility index (Phi) is 2.24. The molecule has 0 N–H and O–H groups in total. The van der Waals surface area contributed by atoms with E-state index in [4.69, 9.17) is 4.74 Å². The number of hydrogen-bond donors (Lipinski definition) is 0. The van der Waals surface area contributed by atoms with Crippen molar-refractivity contribution in [3.63, 3.8) is 0 Å². The lowest BCUT2D eigenvalue weighted by Gasteiger charge is -2.32. The fourth-order valence-electron chi connectivity index (χ4n) is 2.66. The van der Waals surface area contributed by atoms with Gasteiger partial charge in [0.05, 0.1) is 0 Å². The molecule has 1 aliphatic heterocycles. The van der Waals surface area contributed by atoms with Crippen LogP contribution >= 0.6 is 0 Å². The second-order valence-corrected chi connectivity index (χ2v) is 7.28. The molecule has 2 atom stereocenters. The molecule has 16 heavy (non-hydrogen) atoms. The second-order valence-electron chi connectivity index (χ2n) is 7.28. The van der Waals surface area contributed by atoms with E-state index in [1.807, 2.05) is 0 Å². The van der Waals surface area contributed by atoms with Crippen LogP contribution in [0.4, 0.5) is 0 Å². The van der Waals surface area contributed by atoms with Gasteiger partial charge in [-0.3, -0.25) is 0 Å². The van der Waals surface area contributed by atoms with Crippen LogP contribution in [0.25, 0.3) is 0 Å². The summed E-state index contributed by atoms with van der Waals surface area (Å²) >= 11 is 0. The summed E-state index contributed by atoms with van der Waals surface area (Å²) in [7, 11) is 0. The van der Waals surface area contributed by atoms with Gasteiger partial charge in [0.1, 0.15) is 11.7 Å². The molecule has 0 aromatic rings. The van der Waals surface area contributed by atoms with Gasteiger partial charge in [0.2, 0.25) is 0 Å². The van der Waals surface area contributed by atoms with E-state index in [2.05, 4.69) is 60.6 Å². The lowest BCUT2D eigenvalue weighted by Crippen LogP contribution is -2.34. The molecule has 1 fully saturated rings. The van der Waals surface area contributed by atoms with Crippen LogP contribution in [-0.4, -0.2) is 11.7 Å². The van der Waals surface area contributed by atoms with Gasteiger partial charge in [0.15, 0.2) is 0 Å². The summed E-state index contributed by atoms with van der Waals surface area (Å²) in [6.07, 6.45) is 4.92. The number of hydrogen-bond acceptors (Lipinski definition) is 1. The predicted molar refractivity (Wildman–Crippen MR) is 68.4 cm³/mol. The van der Waals surface area contributed by atoms with Gasteiger partial charge in [-0.2, -0.15) is 0 Å². The fraction of sp³-hybridized carbons (Fsp3) is 0.733. The van der Waals surface area contributed by atoms with E-state index in [0.29, 0.717) is 6.10 Å². The summed E-state index contributed by atoms with van der Waals surface area (Å²) in [4.78, 5) is 0. The molecule has 0 amide bonds. The minimum atomic E-state index is -0.0472. The summed E-state index contributed by atoms with van der Waals surface area (Å²) in [6, 6.07) is 0. The highest BCUT2D eigenvalue weighted by atomic mass is 16.6. The molecule has 1 heteroatoms. The first-order chi connectivity index (χ1) is 7.08. The third-order valence-electron chi connectivity index (χ3n) is 3.79. The van der Waals surface area contributed by atoms with Crippen molar-refractivity contribution >= 4 is 0 Å². The van der Waals surface area contributed by atoms with Gasteiger partial charge in [0, 0.05) is 0 Å². The van der Waals surface area contributed by atoms with E-state index < -0.39 is 0 Å². The first-order valence-electron chi connectivity index (χ1n) is 6.17. The van der Waals surface area contributed by atoms with Crippen molar-refractivity contribution in [2.75, 3.05) is 0 Å². The Bertz CT molecular complexity index is 373. The van der Waals surface area contributed by atoms with Crippen LogP contribution in [0.5, 0.6) is 0 Å². The molecule has 1 nitrogen and oxygen atoms in total. The van der Waals surface area contributed by atoms with Crippen molar-refractivity contribution in [2.24, 2.45) is 10.8 Å². The van der Waals surface area contributed by atoms with Crippen LogP contribution in [0.2, 0.25) is 0 Å². The molecule has 0 aromatic carbocycles. The van der Waals surface area contributed by atoms with Gasteiger partial charge >= 0.3 is 0 Å². The molecule has 90 valence electrons. The predicted octanol–water partition coefficient (Wildman–Crippen LogP) is 4.10. The Labute approximate surface area is 99.6 Å². The monoisotopic (exact) mass is 220 g/mol. The quantitative estimate of drug-likeness (QED) is 0.560. The lowest BCUT2D eigenvalue weighted by atomic mass is 9.69. The van der Waals surface area contributed by atoms with Crippen LogP contribution in [-0.2, 0) is 4.74 Å². The SMILES string of the molecule is CC1=CC2(C(C)(C)C)OC2C(C(C)(C)C)=C1. The van der Waals surface area contributed by atoms with E-state index in [-0.39, 0.29) is 16.4 Å². The Morgan fingerprint density at radius 2 is 1.69 bits per heavy atom. The van der Waals surface area contributed by atoms with Gasteiger partial charge in [-0.1, -0.05) is 53.2 Å². The number of fused-ring (bicyclic) bond motifs is 1. The summed E-state index contributed by atoms with van der Waals surface area (Å²) in [5.41, 5.74) is 3.11. The van der Waals surface area contributed by atoms with Crippen molar-refractivity contribution in [1.82, 2.24) is 0 Å². The van der Waals surface area contributed by atoms with Crippen molar-refractivity contribution in [1.29, 1.82) is 0 Å². The maximum Gasteiger partial charge on any atom is 0.122 e. The molecule has 2 aliphatic rings. The minimum Gasteiger partial charge on any atom is -0.356 e. The van der Waals surface area contributed by atoms with Crippen LogP contribution in [0, 0.1) is 10.8 Å². The van der Waals surface area contributed by atoms with E-state index in [1.54, 1.807) is 0 Å². The highest BCUT2D eigenvalue weighted by molar-refractivity contribution is 5.46. The number of epoxide rings is 1. The van der Waals surface area contributed by atoms with Gasteiger partial charge < -0.3 is 4.74 Å². The molecule has 0 saturated carbocycles. The standard InChI is InChI=1S/C15H24O/c1-10-8-11(13(2,3)4)12-15(9-10,16-12)14(5,6)7/h8-9,12H,1-7H3. The molecule has 2 unspecified atom stereocenters. The van der Waals surface area contributed by atoms with Gasteiger partial charge in [-0.25, -0.2) is 0 Å². The average Bonchev–Trinajstić information content (AvgIpc) is 2.74. The first-order valence-corrected chi connectivity index (χ1v) is 6.17. The van der Waals surface area contributed by atoms with Crippen molar-refractivity contribution in [3.05, 3.63) is 23.3 Å². The Morgan fingerprint density at radius 3 is 2.12 bits per heavy atom. The summed E-state index contributed by atoms with van der Waals surface area (Å²) in [5.74, 6) is 0. The number of rotatable bonds is 0. The van der Waals surface area contributed by atoms with Gasteiger partial charge in [0.25, 0.3) is 0 Å². The maximum atomic E-state index is 6.09. The maximum absolute atomic E-state index is 6.09. The van der Waals surface area contributed by atoms with Crippen molar-refractivity contribution in [2.45, 2.75) is 60.2 Å². The third-order valence-corrected chi connectivity index (χ3v) is 3.79. The molecule has 0 radical (unpaired) electrons. The minimum absolute atomic E-state index is 0.0472. The normalized spacial score (nSPS) is 34.1. The fourth-order valence-corrected chi connectivity index (χ4v) is 2.66. The van der Waals surface area contributed by atoms with Crippen LogP contribution < -0.4 is 0 Å². The molecule has 1 saturated heterocycles. The molecule has 1 heterocycles. The highest BCUT2D eigenvalue weighted by Crippen LogP contribution is 2.59. The smallest absolute Gasteiger partial charge is 0.122 e. The summed E-state index contributed by atoms with van der Waals surface area (Å²) in [5, 5.41) is 0. The lowest BCUT2D eigenvalue weighted by molar-refractivity contribution is 0.199.